The quantitative estimate of drug-likeness (QED) is 0.748. The van der Waals surface area contributed by atoms with Crippen LogP contribution in [-0.2, 0) is 9.59 Å². The highest BCUT2D eigenvalue weighted by atomic mass is 35.5. The van der Waals surface area contributed by atoms with Gasteiger partial charge in [-0.3, -0.25) is 9.59 Å². The molecular weight excluding hydrogens is 402 g/mol. The molecule has 138 valence electrons. The molecule has 1 saturated heterocycles. The summed E-state index contributed by atoms with van der Waals surface area (Å²) in [5.41, 5.74) is 1.13. The van der Waals surface area contributed by atoms with Gasteiger partial charge in [-0.15, -0.1) is 23.5 Å². The fourth-order valence-corrected chi connectivity index (χ4v) is 4.85. The molecule has 1 fully saturated rings. The predicted octanol–water partition coefficient (Wildman–Crippen LogP) is 3.84. The van der Waals surface area contributed by atoms with Gasteiger partial charge in [-0.25, -0.2) is 0 Å². The molecule has 0 aromatic heterocycles. The van der Waals surface area contributed by atoms with Crippen molar-refractivity contribution < 1.29 is 9.59 Å². The second kappa shape index (κ2) is 9.18. The first-order chi connectivity index (χ1) is 13.1. The number of benzene rings is 2. The van der Waals surface area contributed by atoms with Crippen LogP contribution in [0.3, 0.4) is 0 Å². The lowest BCUT2D eigenvalue weighted by molar-refractivity contribution is -0.134. The normalized spacial score (nSPS) is 16.0. The number of carbonyl (C=O) groups is 2. The van der Waals surface area contributed by atoms with E-state index in [4.69, 9.17) is 16.9 Å². The molecule has 0 bridgehead atoms. The maximum absolute atomic E-state index is 12.6. The third-order valence-electron chi connectivity index (χ3n) is 3.97. The Morgan fingerprint density at radius 2 is 2.00 bits per heavy atom. The summed E-state index contributed by atoms with van der Waals surface area (Å²) in [4.78, 5) is 27.7. The van der Waals surface area contributed by atoms with Crippen molar-refractivity contribution in [2.24, 2.45) is 0 Å². The number of hydrogen-bond donors (Lipinski definition) is 1. The fourth-order valence-electron chi connectivity index (χ4n) is 2.54. The predicted molar refractivity (Wildman–Crippen MR) is 110 cm³/mol. The van der Waals surface area contributed by atoms with Crippen LogP contribution in [0.4, 0.5) is 5.69 Å². The van der Waals surface area contributed by atoms with Crippen LogP contribution in [0.25, 0.3) is 0 Å². The maximum atomic E-state index is 12.6. The molecule has 1 aliphatic rings. The standard InChI is InChI=1S/C19H16ClN3O2S2/c20-15-3-1-2-4-17(15)27-11-18(24)23-12-26-10-16(23)19(25)22-14-7-5-13(9-21)6-8-14/h1-8,16H,10-12H2,(H,22,25)/t16-/m1/s1. The summed E-state index contributed by atoms with van der Waals surface area (Å²) in [6.45, 7) is 0. The minimum absolute atomic E-state index is 0.0927. The molecule has 5 nitrogen and oxygen atoms in total. The van der Waals surface area contributed by atoms with E-state index in [1.54, 1.807) is 47.0 Å². The largest absolute Gasteiger partial charge is 0.324 e. The molecule has 0 spiro atoms. The number of rotatable bonds is 5. The molecule has 0 unspecified atom stereocenters. The molecule has 2 aromatic rings. The molecule has 1 atom stereocenters. The molecule has 0 radical (unpaired) electrons. The molecule has 1 aliphatic heterocycles. The van der Waals surface area contributed by atoms with Crippen LogP contribution in [0.2, 0.25) is 5.02 Å². The molecule has 1 heterocycles. The summed E-state index contributed by atoms with van der Waals surface area (Å²) in [5, 5.41) is 12.3. The summed E-state index contributed by atoms with van der Waals surface area (Å²) in [6, 6.07) is 15.5. The minimum Gasteiger partial charge on any atom is -0.324 e. The molecule has 27 heavy (non-hydrogen) atoms. The Balaban J connectivity index is 1.60. The summed E-state index contributed by atoms with van der Waals surface area (Å²) >= 11 is 9.05. The zero-order chi connectivity index (χ0) is 19.2. The van der Waals surface area contributed by atoms with E-state index < -0.39 is 6.04 Å². The molecule has 8 heteroatoms. The monoisotopic (exact) mass is 417 g/mol. The van der Waals surface area contributed by atoms with E-state index in [0.717, 1.165) is 4.90 Å². The minimum atomic E-state index is -0.509. The van der Waals surface area contributed by atoms with Crippen molar-refractivity contribution in [3.8, 4) is 6.07 Å². The number of thioether (sulfide) groups is 2. The van der Waals surface area contributed by atoms with Crippen LogP contribution in [0, 0.1) is 11.3 Å². The van der Waals surface area contributed by atoms with Crippen molar-refractivity contribution in [3.63, 3.8) is 0 Å². The fraction of sp³-hybridized carbons (Fsp3) is 0.211. The van der Waals surface area contributed by atoms with Crippen LogP contribution < -0.4 is 5.32 Å². The number of halogens is 1. The van der Waals surface area contributed by atoms with Gasteiger partial charge in [0.15, 0.2) is 0 Å². The van der Waals surface area contributed by atoms with E-state index in [0.29, 0.717) is 27.9 Å². The van der Waals surface area contributed by atoms with Crippen molar-refractivity contribution in [2.75, 3.05) is 22.7 Å². The van der Waals surface area contributed by atoms with Crippen LogP contribution in [0.1, 0.15) is 5.56 Å². The van der Waals surface area contributed by atoms with Gasteiger partial charge in [0.05, 0.1) is 28.3 Å². The molecular formula is C19H16ClN3O2S2. The van der Waals surface area contributed by atoms with Gasteiger partial charge in [0.1, 0.15) is 6.04 Å². The topological polar surface area (TPSA) is 73.2 Å². The van der Waals surface area contributed by atoms with Gasteiger partial charge in [-0.05, 0) is 36.4 Å². The Morgan fingerprint density at radius 3 is 2.70 bits per heavy atom. The molecule has 2 aromatic carbocycles. The second-order valence-electron chi connectivity index (χ2n) is 5.78. The van der Waals surface area contributed by atoms with Gasteiger partial charge >= 0.3 is 0 Å². The van der Waals surface area contributed by atoms with E-state index in [1.165, 1.54) is 11.8 Å². The Labute approximate surface area is 171 Å². The molecule has 0 aliphatic carbocycles. The van der Waals surface area contributed by atoms with E-state index in [2.05, 4.69) is 5.32 Å². The summed E-state index contributed by atoms with van der Waals surface area (Å²) < 4.78 is 0. The number of carbonyl (C=O) groups excluding carboxylic acids is 2. The van der Waals surface area contributed by atoms with E-state index in [9.17, 15) is 9.59 Å². The highest BCUT2D eigenvalue weighted by molar-refractivity contribution is 8.00. The number of nitrogens with one attached hydrogen (secondary N) is 1. The zero-order valence-electron chi connectivity index (χ0n) is 14.2. The van der Waals surface area contributed by atoms with Gasteiger partial charge < -0.3 is 10.2 Å². The van der Waals surface area contributed by atoms with Crippen molar-refractivity contribution in [3.05, 3.63) is 59.1 Å². The highest BCUT2D eigenvalue weighted by Gasteiger charge is 2.34. The van der Waals surface area contributed by atoms with Crippen LogP contribution in [0.15, 0.2) is 53.4 Å². The summed E-state index contributed by atoms with van der Waals surface area (Å²) in [6.07, 6.45) is 0. The number of anilines is 1. The van der Waals surface area contributed by atoms with E-state index in [-0.39, 0.29) is 17.6 Å². The van der Waals surface area contributed by atoms with E-state index in [1.807, 2.05) is 24.3 Å². The number of amides is 2. The van der Waals surface area contributed by atoms with Crippen molar-refractivity contribution >= 4 is 52.6 Å². The summed E-state index contributed by atoms with van der Waals surface area (Å²) in [5.74, 6) is 0.967. The first kappa shape index (κ1) is 19.6. The van der Waals surface area contributed by atoms with Gasteiger partial charge in [-0.2, -0.15) is 5.26 Å². The smallest absolute Gasteiger partial charge is 0.248 e. The van der Waals surface area contributed by atoms with Gasteiger partial charge in [-0.1, -0.05) is 23.7 Å². The van der Waals surface area contributed by atoms with Gasteiger partial charge in [0.2, 0.25) is 11.8 Å². The number of nitrogens with zero attached hydrogens (tertiary/aromatic N) is 2. The summed E-state index contributed by atoms with van der Waals surface area (Å²) in [7, 11) is 0. The Morgan fingerprint density at radius 1 is 1.26 bits per heavy atom. The first-order valence-corrected chi connectivity index (χ1v) is 10.7. The van der Waals surface area contributed by atoms with Crippen molar-refractivity contribution in [1.29, 1.82) is 5.26 Å². The molecule has 1 N–H and O–H groups in total. The number of hydrogen-bond acceptors (Lipinski definition) is 5. The first-order valence-electron chi connectivity index (χ1n) is 8.14. The third kappa shape index (κ3) is 4.98. The maximum Gasteiger partial charge on any atom is 0.248 e. The second-order valence-corrected chi connectivity index (χ2v) is 8.20. The lowest BCUT2D eigenvalue weighted by Gasteiger charge is -2.23. The average molecular weight is 418 g/mol. The third-order valence-corrected chi connectivity index (χ3v) is 6.49. The SMILES string of the molecule is N#Cc1ccc(NC(=O)[C@H]2CSCN2C(=O)CSc2ccccc2Cl)cc1. The Hall–Kier alpha value is -2.14. The van der Waals surface area contributed by atoms with Gasteiger partial charge in [0.25, 0.3) is 0 Å². The molecule has 3 rings (SSSR count). The van der Waals surface area contributed by atoms with Crippen LogP contribution >= 0.6 is 35.1 Å². The van der Waals surface area contributed by atoms with E-state index >= 15 is 0 Å². The van der Waals surface area contributed by atoms with Crippen LogP contribution in [-0.4, -0.2) is 40.1 Å². The number of nitriles is 1. The average Bonchev–Trinajstić information content (AvgIpc) is 3.18. The Kier molecular flexibility index (Phi) is 6.67. The van der Waals surface area contributed by atoms with Gasteiger partial charge in [0, 0.05) is 16.3 Å². The van der Waals surface area contributed by atoms with Crippen LogP contribution in [0.5, 0.6) is 0 Å². The lowest BCUT2D eigenvalue weighted by Crippen LogP contribution is -2.45. The Bertz CT molecular complexity index is 883. The highest BCUT2D eigenvalue weighted by Crippen LogP contribution is 2.29. The van der Waals surface area contributed by atoms with Crippen molar-refractivity contribution in [2.45, 2.75) is 10.9 Å². The molecule has 2 amide bonds. The molecule has 0 saturated carbocycles. The zero-order valence-corrected chi connectivity index (χ0v) is 16.6. The lowest BCUT2D eigenvalue weighted by atomic mass is 10.2. The van der Waals surface area contributed by atoms with Crippen molar-refractivity contribution in [1.82, 2.24) is 4.90 Å².